The molecular formula is C22H29F4NO3. The van der Waals surface area contributed by atoms with Gasteiger partial charge in [0.1, 0.15) is 5.82 Å². The summed E-state index contributed by atoms with van der Waals surface area (Å²) in [7, 11) is 0. The number of rotatable bonds is 9. The van der Waals surface area contributed by atoms with Crippen molar-refractivity contribution in [3.05, 3.63) is 35.1 Å². The van der Waals surface area contributed by atoms with E-state index in [1.807, 2.05) is 0 Å². The summed E-state index contributed by atoms with van der Waals surface area (Å²) in [6.45, 7) is 2.97. The number of ether oxygens (including phenoxy) is 1. The number of benzene rings is 1. The summed E-state index contributed by atoms with van der Waals surface area (Å²) in [5.74, 6) is -2.40. The summed E-state index contributed by atoms with van der Waals surface area (Å²) < 4.78 is 57.4. The number of hydrogen-bond donors (Lipinski definition) is 0. The molecule has 0 aromatic heterocycles. The summed E-state index contributed by atoms with van der Waals surface area (Å²) in [6, 6.07) is 1.83. The molecule has 8 heteroatoms. The first-order valence-electron chi connectivity index (χ1n) is 10.6. The molecule has 0 radical (unpaired) electrons. The molecule has 1 heterocycles. The summed E-state index contributed by atoms with van der Waals surface area (Å²) in [6.07, 6.45) is 2.58. The van der Waals surface area contributed by atoms with Gasteiger partial charge >= 0.3 is 12.1 Å². The highest BCUT2D eigenvalue weighted by Crippen LogP contribution is 2.31. The molecule has 0 saturated carbocycles. The normalized spacial score (nSPS) is 15.3. The van der Waals surface area contributed by atoms with Crippen LogP contribution in [0.15, 0.2) is 18.2 Å². The lowest BCUT2D eigenvalue weighted by Crippen LogP contribution is -2.40. The van der Waals surface area contributed by atoms with Gasteiger partial charge < -0.3 is 9.64 Å². The van der Waals surface area contributed by atoms with Crippen LogP contribution in [0.4, 0.5) is 17.6 Å². The second kappa shape index (κ2) is 11.3. The Hall–Kier alpha value is -2.12. The van der Waals surface area contributed by atoms with Gasteiger partial charge in [-0.05, 0) is 37.5 Å². The zero-order chi connectivity index (χ0) is 22.1. The van der Waals surface area contributed by atoms with Gasteiger partial charge in [-0.1, -0.05) is 39.0 Å². The predicted molar refractivity (Wildman–Crippen MR) is 104 cm³/mol. The third-order valence-corrected chi connectivity index (χ3v) is 5.33. The van der Waals surface area contributed by atoms with Gasteiger partial charge in [-0.15, -0.1) is 0 Å². The number of hydrogen-bond acceptors (Lipinski definition) is 3. The SMILES string of the molecule is CCCCCCCCOC(=O)C1CCN(C(=O)c2cc(F)cc(C(F)(F)F)c2)CC1. The van der Waals surface area contributed by atoms with Gasteiger partial charge in [0.25, 0.3) is 5.91 Å². The lowest BCUT2D eigenvalue weighted by Gasteiger charge is -2.31. The topological polar surface area (TPSA) is 46.6 Å². The average molecular weight is 431 g/mol. The average Bonchev–Trinajstić information content (AvgIpc) is 2.71. The third-order valence-electron chi connectivity index (χ3n) is 5.33. The highest BCUT2D eigenvalue weighted by Gasteiger charge is 2.33. The summed E-state index contributed by atoms with van der Waals surface area (Å²) >= 11 is 0. The minimum absolute atomic E-state index is 0.216. The van der Waals surface area contributed by atoms with Crippen LogP contribution in [0.25, 0.3) is 0 Å². The predicted octanol–water partition coefficient (Wildman–Crippen LogP) is 5.60. The summed E-state index contributed by atoms with van der Waals surface area (Å²) in [4.78, 5) is 26.0. The van der Waals surface area contributed by atoms with Crippen LogP contribution in [-0.2, 0) is 15.7 Å². The van der Waals surface area contributed by atoms with Crippen molar-refractivity contribution >= 4 is 11.9 Å². The molecule has 0 spiro atoms. The first-order chi connectivity index (χ1) is 14.2. The van der Waals surface area contributed by atoms with Gasteiger partial charge in [-0.3, -0.25) is 9.59 Å². The van der Waals surface area contributed by atoms with Crippen LogP contribution in [0.3, 0.4) is 0 Å². The fourth-order valence-electron chi connectivity index (χ4n) is 3.55. The maximum atomic E-state index is 13.6. The van der Waals surface area contributed by atoms with E-state index in [1.165, 1.54) is 24.2 Å². The number of amides is 1. The Morgan fingerprint density at radius 2 is 1.67 bits per heavy atom. The Bertz CT molecular complexity index is 713. The second-order valence-electron chi connectivity index (χ2n) is 7.73. The fraction of sp³-hybridized carbons (Fsp3) is 0.636. The Labute approximate surface area is 174 Å². The Morgan fingerprint density at radius 3 is 2.30 bits per heavy atom. The van der Waals surface area contributed by atoms with E-state index in [-0.39, 0.29) is 30.5 Å². The zero-order valence-electron chi connectivity index (χ0n) is 17.3. The molecule has 1 amide bonds. The van der Waals surface area contributed by atoms with Crippen molar-refractivity contribution in [1.29, 1.82) is 0 Å². The number of unbranched alkanes of at least 4 members (excludes halogenated alkanes) is 5. The Morgan fingerprint density at radius 1 is 1.03 bits per heavy atom. The van der Waals surface area contributed by atoms with Crippen LogP contribution in [0.1, 0.15) is 74.2 Å². The number of halogens is 4. The van der Waals surface area contributed by atoms with Crippen molar-refractivity contribution in [3.63, 3.8) is 0 Å². The maximum Gasteiger partial charge on any atom is 0.416 e. The molecule has 0 N–H and O–H groups in total. The standard InChI is InChI=1S/C22H29F4NO3/c1-2-3-4-5-6-7-12-30-21(29)16-8-10-27(11-9-16)20(28)17-13-18(22(24,25)26)15-19(23)14-17/h13-16H,2-12H2,1H3. The van der Waals surface area contributed by atoms with Crippen molar-refractivity contribution in [1.82, 2.24) is 4.90 Å². The monoisotopic (exact) mass is 431 g/mol. The minimum atomic E-state index is -4.73. The second-order valence-corrected chi connectivity index (χ2v) is 7.73. The van der Waals surface area contributed by atoms with E-state index in [0.29, 0.717) is 31.6 Å². The highest BCUT2D eigenvalue weighted by atomic mass is 19.4. The molecule has 1 fully saturated rings. The maximum absolute atomic E-state index is 13.6. The van der Waals surface area contributed by atoms with Gasteiger partial charge in [-0.2, -0.15) is 13.2 Å². The van der Waals surface area contributed by atoms with Gasteiger partial charge in [0.2, 0.25) is 0 Å². The lowest BCUT2D eigenvalue weighted by molar-refractivity contribution is -0.150. The quantitative estimate of drug-likeness (QED) is 0.290. The molecule has 4 nitrogen and oxygen atoms in total. The molecule has 1 saturated heterocycles. The van der Waals surface area contributed by atoms with E-state index in [2.05, 4.69) is 6.92 Å². The molecule has 0 aliphatic carbocycles. The molecule has 1 aromatic carbocycles. The molecule has 1 aliphatic heterocycles. The largest absolute Gasteiger partial charge is 0.465 e. The van der Waals surface area contributed by atoms with Gasteiger partial charge in [-0.25, -0.2) is 4.39 Å². The van der Waals surface area contributed by atoms with Crippen LogP contribution in [0.5, 0.6) is 0 Å². The van der Waals surface area contributed by atoms with Crippen molar-refractivity contribution in [2.24, 2.45) is 5.92 Å². The van der Waals surface area contributed by atoms with Crippen LogP contribution in [-0.4, -0.2) is 36.5 Å². The van der Waals surface area contributed by atoms with E-state index in [4.69, 9.17) is 4.74 Å². The number of esters is 1. The lowest BCUT2D eigenvalue weighted by atomic mass is 9.96. The van der Waals surface area contributed by atoms with Gasteiger partial charge in [0.15, 0.2) is 0 Å². The van der Waals surface area contributed by atoms with Gasteiger partial charge in [0, 0.05) is 18.7 Å². The molecule has 0 unspecified atom stereocenters. The number of likely N-dealkylation sites (tertiary alicyclic amines) is 1. The first kappa shape index (κ1) is 24.2. The Kier molecular flexibility index (Phi) is 9.11. The molecule has 30 heavy (non-hydrogen) atoms. The molecule has 168 valence electrons. The van der Waals surface area contributed by atoms with Crippen molar-refractivity contribution < 1.29 is 31.9 Å². The third kappa shape index (κ3) is 7.29. The van der Waals surface area contributed by atoms with Crippen molar-refractivity contribution in [2.75, 3.05) is 19.7 Å². The molecule has 1 aliphatic rings. The van der Waals surface area contributed by atoms with Crippen LogP contribution in [0, 0.1) is 11.7 Å². The van der Waals surface area contributed by atoms with E-state index < -0.39 is 23.5 Å². The smallest absolute Gasteiger partial charge is 0.416 e. The van der Waals surface area contributed by atoms with Crippen molar-refractivity contribution in [3.8, 4) is 0 Å². The summed E-state index contributed by atoms with van der Waals surface area (Å²) in [5.41, 5.74) is -1.54. The Balaban J connectivity index is 1.79. The number of carbonyl (C=O) groups excluding carboxylic acids is 2. The van der Waals surface area contributed by atoms with Crippen LogP contribution < -0.4 is 0 Å². The van der Waals surface area contributed by atoms with E-state index in [1.54, 1.807) is 0 Å². The molecule has 0 bridgehead atoms. The van der Waals surface area contributed by atoms with Crippen molar-refractivity contribution in [2.45, 2.75) is 64.5 Å². The van der Waals surface area contributed by atoms with E-state index >= 15 is 0 Å². The summed E-state index contributed by atoms with van der Waals surface area (Å²) in [5, 5.41) is 0. The van der Waals surface area contributed by atoms with E-state index in [0.717, 1.165) is 25.3 Å². The molecular weight excluding hydrogens is 402 g/mol. The first-order valence-corrected chi connectivity index (χ1v) is 10.6. The number of alkyl halides is 3. The zero-order valence-corrected chi connectivity index (χ0v) is 17.3. The highest BCUT2D eigenvalue weighted by molar-refractivity contribution is 5.94. The van der Waals surface area contributed by atoms with E-state index in [9.17, 15) is 27.2 Å². The number of piperidine rings is 1. The number of nitrogens with zero attached hydrogens (tertiary/aromatic N) is 1. The fourth-order valence-corrected chi connectivity index (χ4v) is 3.55. The van der Waals surface area contributed by atoms with Gasteiger partial charge in [0.05, 0.1) is 18.1 Å². The molecule has 0 atom stereocenters. The minimum Gasteiger partial charge on any atom is -0.465 e. The molecule has 1 aromatic rings. The van der Waals surface area contributed by atoms with Crippen LogP contribution >= 0.6 is 0 Å². The molecule has 2 rings (SSSR count). The number of carbonyl (C=O) groups is 2. The van der Waals surface area contributed by atoms with Crippen LogP contribution in [0.2, 0.25) is 0 Å².